The van der Waals surface area contributed by atoms with E-state index in [9.17, 15) is 4.39 Å². The van der Waals surface area contributed by atoms with E-state index >= 15 is 0 Å². The number of hydrogen-bond acceptors (Lipinski definition) is 2. The summed E-state index contributed by atoms with van der Waals surface area (Å²) in [4.78, 5) is 4.68. The van der Waals surface area contributed by atoms with E-state index in [2.05, 4.69) is 222 Å². The zero-order chi connectivity index (χ0) is 45.1. The van der Waals surface area contributed by atoms with Crippen molar-refractivity contribution in [3.63, 3.8) is 0 Å². The summed E-state index contributed by atoms with van der Waals surface area (Å²) in [6.45, 7) is 4.68. The molecule has 324 valence electrons. The fourth-order valence-corrected chi connectivity index (χ4v) is 10.8. The maximum Gasteiger partial charge on any atom is 0.123 e. The molecule has 3 nitrogen and oxygen atoms in total. The molecule has 0 amide bonds. The summed E-state index contributed by atoms with van der Waals surface area (Å²) in [5.41, 5.74) is 19.4. The average molecular weight is 868 g/mol. The first kappa shape index (κ1) is 40.6. The molecule has 0 unspecified atom stereocenters. The van der Waals surface area contributed by atoms with Crippen LogP contribution in [0.15, 0.2) is 224 Å². The molecule has 0 saturated heterocycles. The van der Waals surface area contributed by atoms with Gasteiger partial charge in [0.1, 0.15) is 5.82 Å². The van der Waals surface area contributed by atoms with Gasteiger partial charge in [-0.05, 0) is 168 Å². The quantitative estimate of drug-likeness (QED) is 0.143. The number of halogens is 1. The van der Waals surface area contributed by atoms with Crippen molar-refractivity contribution in [3.05, 3.63) is 247 Å². The predicted octanol–water partition coefficient (Wildman–Crippen LogP) is 17.5. The van der Waals surface area contributed by atoms with Crippen LogP contribution in [0, 0.1) is 5.82 Å². The number of hydrogen-bond donors (Lipinski definition) is 0. The first-order valence-electron chi connectivity index (χ1n) is 23.6. The summed E-state index contributed by atoms with van der Waals surface area (Å²) in [7, 11) is 0. The molecule has 0 radical (unpaired) electrons. The predicted molar refractivity (Wildman–Crippen MR) is 280 cm³/mol. The summed E-state index contributed by atoms with van der Waals surface area (Å²) >= 11 is 0. The third-order valence-corrected chi connectivity index (χ3v) is 14.1. The van der Waals surface area contributed by atoms with Gasteiger partial charge in [0.25, 0.3) is 0 Å². The number of anilines is 5. The highest BCUT2D eigenvalue weighted by molar-refractivity contribution is 6.11. The van der Waals surface area contributed by atoms with Gasteiger partial charge in [-0.1, -0.05) is 129 Å². The van der Waals surface area contributed by atoms with Crippen molar-refractivity contribution < 1.29 is 4.39 Å². The van der Waals surface area contributed by atoms with Crippen LogP contribution in [-0.2, 0) is 5.41 Å². The average Bonchev–Trinajstić information content (AvgIpc) is 3.83. The minimum absolute atomic E-state index is 0.156. The molecule has 1 heterocycles. The number of para-hydroxylation sites is 2. The summed E-state index contributed by atoms with van der Waals surface area (Å²) in [5, 5.41) is 2.37. The van der Waals surface area contributed by atoms with Crippen LogP contribution in [0.1, 0.15) is 56.2 Å². The summed E-state index contributed by atoms with van der Waals surface area (Å²) < 4.78 is 17.1. The lowest BCUT2D eigenvalue weighted by Gasteiger charge is -2.32. The first-order valence-corrected chi connectivity index (χ1v) is 23.6. The van der Waals surface area contributed by atoms with Crippen molar-refractivity contribution in [2.24, 2.45) is 0 Å². The van der Waals surface area contributed by atoms with Gasteiger partial charge in [0, 0.05) is 55.9 Å². The molecule has 0 bridgehead atoms. The lowest BCUT2D eigenvalue weighted by atomic mass is 9.82. The maximum absolute atomic E-state index is 14.7. The van der Waals surface area contributed by atoms with E-state index in [1.165, 1.54) is 44.2 Å². The first-order chi connectivity index (χ1) is 32.9. The topological polar surface area (TPSA) is 11.4 Å². The minimum Gasteiger partial charge on any atom is -0.310 e. The number of nitrogens with zero attached hydrogens (tertiary/aromatic N) is 3. The maximum atomic E-state index is 14.7. The molecule has 0 aliphatic heterocycles. The Labute approximate surface area is 392 Å². The largest absolute Gasteiger partial charge is 0.310 e. The van der Waals surface area contributed by atoms with Crippen LogP contribution < -0.4 is 9.80 Å². The second-order valence-corrected chi connectivity index (χ2v) is 18.5. The van der Waals surface area contributed by atoms with E-state index in [1.807, 2.05) is 12.1 Å². The molecule has 8 aromatic carbocycles. The fraction of sp³-hybridized carbons (Fsp3) is 0.111. The Morgan fingerprint density at radius 3 is 1.91 bits per heavy atom. The van der Waals surface area contributed by atoms with E-state index in [0.717, 1.165) is 87.7 Å². The van der Waals surface area contributed by atoms with E-state index in [0.29, 0.717) is 0 Å². The molecule has 9 aromatic rings. The second kappa shape index (κ2) is 16.5. The van der Waals surface area contributed by atoms with Gasteiger partial charge in [0.05, 0.1) is 16.7 Å². The number of rotatable bonds is 9. The lowest BCUT2D eigenvalue weighted by Crippen LogP contribution is -2.18. The molecule has 0 N–H and O–H groups in total. The number of allylic oxidation sites excluding steroid dienone is 7. The molecule has 1 aromatic heterocycles. The Bertz CT molecular complexity index is 3490. The van der Waals surface area contributed by atoms with Gasteiger partial charge < -0.3 is 14.4 Å². The van der Waals surface area contributed by atoms with E-state index in [4.69, 9.17) is 0 Å². The Balaban J connectivity index is 1.07. The molecular weight excluding hydrogens is 818 g/mol. The van der Waals surface area contributed by atoms with Crippen LogP contribution >= 0.6 is 0 Å². The van der Waals surface area contributed by atoms with Gasteiger partial charge in [0.2, 0.25) is 0 Å². The molecule has 67 heavy (non-hydrogen) atoms. The van der Waals surface area contributed by atoms with Crippen molar-refractivity contribution in [1.82, 2.24) is 4.57 Å². The Morgan fingerprint density at radius 1 is 0.463 bits per heavy atom. The molecule has 0 saturated carbocycles. The van der Waals surface area contributed by atoms with Gasteiger partial charge in [-0.3, -0.25) is 0 Å². The van der Waals surface area contributed by atoms with Gasteiger partial charge in [-0.2, -0.15) is 0 Å². The molecule has 0 atom stereocenters. The normalized spacial score (nSPS) is 14.7. The van der Waals surface area contributed by atoms with E-state index in [-0.39, 0.29) is 11.2 Å². The van der Waals surface area contributed by atoms with Crippen molar-refractivity contribution >= 4 is 55.8 Å². The van der Waals surface area contributed by atoms with Crippen molar-refractivity contribution in [1.29, 1.82) is 0 Å². The van der Waals surface area contributed by atoms with Gasteiger partial charge in [-0.25, -0.2) is 4.39 Å². The van der Waals surface area contributed by atoms with Crippen molar-refractivity contribution in [3.8, 4) is 27.9 Å². The Kier molecular flexibility index (Phi) is 9.98. The number of fused-ring (bicyclic) bond motifs is 6. The highest BCUT2D eigenvalue weighted by Crippen LogP contribution is 2.51. The molecule has 12 rings (SSSR count). The highest BCUT2D eigenvalue weighted by Gasteiger charge is 2.36. The van der Waals surface area contributed by atoms with Gasteiger partial charge in [-0.15, -0.1) is 0 Å². The molecule has 3 aliphatic rings. The second-order valence-electron chi connectivity index (χ2n) is 18.5. The van der Waals surface area contributed by atoms with Crippen LogP contribution in [-0.4, -0.2) is 4.57 Å². The minimum atomic E-state index is -0.258. The molecule has 0 spiro atoms. The Morgan fingerprint density at radius 2 is 1.12 bits per heavy atom. The smallest absolute Gasteiger partial charge is 0.123 e. The van der Waals surface area contributed by atoms with Crippen LogP contribution in [0.5, 0.6) is 0 Å². The van der Waals surface area contributed by atoms with Gasteiger partial charge >= 0.3 is 0 Å². The Hall–Kier alpha value is -7.95. The SMILES string of the molecule is CC1(C)c2ccccc2-c2ccc(N(c3ccccc3)c3ccc(N(C4=CCCC=C4)c4ccc(F)cc4)c(-c4ccc5c(c4)c4ccccc4n5-c4ccc(C5=CCCC=C5)cc4)c3)cc21. The lowest BCUT2D eigenvalue weighted by molar-refractivity contribution is 0.628. The number of benzene rings is 8. The van der Waals surface area contributed by atoms with E-state index < -0.39 is 0 Å². The fourth-order valence-electron chi connectivity index (χ4n) is 10.8. The third-order valence-electron chi connectivity index (χ3n) is 14.1. The zero-order valence-electron chi connectivity index (χ0n) is 37.8. The third kappa shape index (κ3) is 7.03. The van der Waals surface area contributed by atoms with Gasteiger partial charge in [0.15, 0.2) is 0 Å². The summed E-state index contributed by atoms with van der Waals surface area (Å²) in [6, 6.07) is 65.0. The molecular formula is C63H50FN3. The molecule has 0 fully saturated rings. The van der Waals surface area contributed by atoms with Crippen LogP contribution in [0.4, 0.5) is 32.8 Å². The number of aromatic nitrogens is 1. The van der Waals surface area contributed by atoms with Crippen molar-refractivity contribution in [2.45, 2.75) is 44.9 Å². The molecule has 3 aliphatic carbocycles. The van der Waals surface area contributed by atoms with Crippen LogP contribution in [0.3, 0.4) is 0 Å². The standard InChI is InChI=1S/C63H50FN3/c1-63(2)58-24-14-12-22-53(58)54-37-35-52(42-59(54)63)65(47-18-8-4-9-19-47)51-36-39-61(66(48-20-10-5-11-21-48)49-33-29-46(64)30-34-49)56(41-51)45-28-38-62-57(40-45)55-23-13-15-25-60(55)67(62)50-31-26-44(27-32-50)43-16-6-3-7-17-43/h4,6,8-10,12-42H,3,5,7,11H2,1-2H3. The monoisotopic (exact) mass is 867 g/mol. The highest BCUT2D eigenvalue weighted by atomic mass is 19.1. The van der Waals surface area contributed by atoms with Crippen molar-refractivity contribution in [2.75, 3.05) is 9.80 Å². The zero-order valence-corrected chi connectivity index (χ0v) is 37.8. The summed E-state index contributed by atoms with van der Waals surface area (Å²) in [5.74, 6) is -0.258. The molecule has 4 heteroatoms. The van der Waals surface area contributed by atoms with Crippen LogP contribution in [0.25, 0.3) is 55.3 Å². The van der Waals surface area contributed by atoms with E-state index in [1.54, 1.807) is 12.1 Å². The van der Waals surface area contributed by atoms with Crippen LogP contribution in [0.2, 0.25) is 0 Å². The summed E-state index contributed by atoms with van der Waals surface area (Å²) in [6.07, 6.45) is 17.7.